The largest absolute Gasteiger partial charge is 0.472 e. The maximum absolute atomic E-state index is 13.2. The summed E-state index contributed by atoms with van der Waals surface area (Å²) in [4.78, 5) is 73.1. The molecular formula is C87H170O17P2. The molecular weight excluding hydrogens is 1380 g/mol. The highest BCUT2D eigenvalue weighted by molar-refractivity contribution is 7.47. The summed E-state index contributed by atoms with van der Waals surface area (Å²) < 4.78 is 68.8. The average molecular weight is 1550 g/mol. The number of hydrogen-bond acceptors (Lipinski definition) is 15. The van der Waals surface area contributed by atoms with Crippen molar-refractivity contribution in [1.82, 2.24) is 0 Å². The first-order valence-corrected chi connectivity index (χ1v) is 48.1. The Bertz CT molecular complexity index is 2010. The van der Waals surface area contributed by atoms with Gasteiger partial charge < -0.3 is 33.8 Å². The molecule has 2 unspecified atom stereocenters. The third-order valence-electron chi connectivity index (χ3n) is 20.5. The van der Waals surface area contributed by atoms with Gasteiger partial charge in [0, 0.05) is 25.7 Å². The summed E-state index contributed by atoms with van der Waals surface area (Å²) in [6, 6.07) is 0. The number of phosphoric ester groups is 2. The number of phosphoric acid groups is 2. The number of aliphatic hydroxyl groups is 1. The minimum Gasteiger partial charge on any atom is -0.462 e. The van der Waals surface area contributed by atoms with Crippen molar-refractivity contribution in [2.75, 3.05) is 39.6 Å². The lowest BCUT2D eigenvalue weighted by molar-refractivity contribution is -0.161. The van der Waals surface area contributed by atoms with E-state index in [4.69, 9.17) is 37.0 Å². The van der Waals surface area contributed by atoms with E-state index in [9.17, 15) is 43.2 Å². The molecule has 0 rings (SSSR count). The van der Waals surface area contributed by atoms with E-state index in [1.165, 1.54) is 289 Å². The molecule has 0 aliphatic rings. The van der Waals surface area contributed by atoms with Gasteiger partial charge in [-0.2, -0.15) is 0 Å². The fourth-order valence-electron chi connectivity index (χ4n) is 13.6. The van der Waals surface area contributed by atoms with Crippen molar-refractivity contribution in [2.45, 2.75) is 490 Å². The van der Waals surface area contributed by atoms with Gasteiger partial charge in [-0.3, -0.25) is 37.3 Å². The van der Waals surface area contributed by atoms with Crippen molar-refractivity contribution in [1.29, 1.82) is 0 Å². The molecule has 630 valence electrons. The SMILES string of the molecule is CCCCCCCCCCCCCCCCCCCCCCCCC(=O)OC[C@H](COP(=O)(O)OC[C@@H](O)COP(=O)(O)OC[C@@H](COC(=O)CCCCCCCCC(C)C)OC(=O)CCCCCCCCCCCCCCC)OC(=O)CCCCCCCCCCCCCCCCCCCCCCCC. The van der Waals surface area contributed by atoms with E-state index in [-0.39, 0.29) is 25.7 Å². The lowest BCUT2D eigenvalue weighted by atomic mass is 10.0. The van der Waals surface area contributed by atoms with E-state index < -0.39 is 97.5 Å². The van der Waals surface area contributed by atoms with Gasteiger partial charge in [0.1, 0.15) is 19.3 Å². The molecule has 17 nitrogen and oxygen atoms in total. The summed E-state index contributed by atoms with van der Waals surface area (Å²) >= 11 is 0. The van der Waals surface area contributed by atoms with Crippen LogP contribution in [0.1, 0.15) is 471 Å². The molecule has 0 saturated heterocycles. The number of carbonyl (C=O) groups excluding carboxylic acids is 4. The molecule has 0 aromatic carbocycles. The first-order chi connectivity index (χ1) is 51.5. The molecule has 0 amide bonds. The van der Waals surface area contributed by atoms with Crippen LogP contribution in [0.5, 0.6) is 0 Å². The molecule has 0 aromatic rings. The van der Waals surface area contributed by atoms with Crippen molar-refractivity contribution in [3.8, 4) is 0 Å². The predicted octanol–water partition coefficient (Wildman–Crippen LogP) is 26.8. The Kier molecular flexibility index (Phi) is 78.2. The summed E-state index contributed by atoms with van der Waals surface area (Å²) in [5.41, 5.74) is 0. The fourth-order valence-corrected chi connectivity index (χ4v) is 15.2. The molecule has 106 heavy (non-hydrogen) atoms. The van der Waals surface area contributed by atoms with Crippen LogP contribution in [0.2, 0.25) is 0 Å². The van der Waals surface area contributed by atoms with Crippen molar-refractivity contribution < 1.29 is 80.2 Å². The summed E-state index contributed by atoms with van der Waals surface area (Å²) in [6.07, 6.45) is 74.1. The van der Waals surface area contributed by atoms with E-state index in [0.717, 1.165) is 96.3 Å². The lowest BCUT2D eigenvalue weighted by Gasteiger charge is -2.21. The Balaban J connectivity index is 5.17. The molecule has 0 saturated carbocycles. The fraction of sp³-hybridized carbons (Fsp3) is 0.954. The van der Waals surface area contributed by atoms with Gasteiger partial charge in [-0.15, -0.1) is 0 Å². The molecule has 0 fully saturated rings. The normalized spacial score (nSPS) is 13.7. The van der Waals surface area contributed by atoms with Crippen LogP contribution >= 0.6 is 15.6 Å². The molecule has 0 aliphatic heterocycles. The zero-order chi connectivity index (χ0) is 77.6. The minimum absolute atomic E-state index is 0.107. The average Bonchev–Trinajstić information content (AvgIpc) is 0.933. The lowest BCUT2D eigenvalue weighted by Crippen LogP contribution is -2.30. The summed E-state index contributed by atoms with van der Waals surface area (Å²) in [6.45, 7) is 7.27. The van der Waals surface area contributed by atoms with Crippen LogP contribution in [0.25, 0.3) is 0 Å². The third-order valence-corrected chi connectivity index (χ3v) is 22.4. The van der Waals surface area contributed by atoms with Crippen molar-refractivity contribution >= 4 is 39.5 Å². The topological polar surface area (TPSA) is 237 Å². The summed E-state index contributed by atoms with van der Waals surface area (Å²) in [5, 5.41) is 10.7. The minimum atomic E-state index is -4.97. The van der Waals surface area contributed by atoms with Gasteiger partial charge in [0.2, 0.25) is 0 Å². The number of aliphatic hydroxyl groups excluding tert-OH is 1. The summed E-state index contributed by atoms with van der Waals surface area (Å²) in [5.74, 6) is -1.42. The van der Waals surface area contributed by atoms with Crippen molar-refractivity contribution in [3.05, 3.63) is 0 Å². The third kappa shape index (κ3) is 80.1. The molecule has 0 spiro atoms. The molecule has 0 aromatic heterocycles. The van der Waals surface area contributed by atoms with E-state index in [1.54, 1.807) is 0 Å². The van der Waals surface area contributed by atoms with Crippen LogP contribution in [0.4, 0.5) is 0 Å². The van der Waals surface area contributed by atoms with Gasteiger partial charge in [-0.1, -0.05) is 420 Å². The number of ether oxygens (including phenoxy) is 4. The highest BCUT2D eigenvalue weighted by atomic mass is 31.2. The van der Waals surface area contributed by atoms with Gasteiger partial charge >= 0.3 is 39.5 Å². The Morgan fingerprint density at radius 1 is 0.255 bits per heavy atom. The van der Waals surface area contributed by atoms with E-state index in [2.05, 4.69) is 34.6 Å². The van der Waals surface area contributed by atoms with Gasteiger partial charge in [0.05, 0.1) is 26.4 Å². The van der Waals surface area contributed by atoms with Crippen LogP contribution in [-0.4, -0.2) is 96.7 Å². The Morgan fingerprint density at radius 2 is 0.434 bits per heavy atom. The quantitative estimate of drug-likeness (QED) is 0.0222. The molecule has 19 heteroatoms. The van der Waals surface area contributed by atoms with Crippen LogP contribution in [0.3, 0.4) is 0 Å². The van der Waals surface area contributed by atoms with Gasteiger partial charge in [0.15, 0.2) is 12.2 Å². The molecule has 0 radical (unpaired) electrons. The maximum atomic E-state index is 13.2. The predicted molar refractivity (Wildman–Crippen MR) is 437 cm³/mol. The highest BCUT2D eigenvalue weighted by Crippen LogP contribution is 2.45. The second kappa shape index (κ2) is 79.7. The maximum Gasteiger partial charge on any atom is 0.472 e. The second-order valence-electron chi connectivity index (χ2n) is 31.8. The molecule has 0 aliphatic carbocycles. The van der Waals surface area contributed by atoms with Gasteiger partial charge in [-0.05, 0) is 31.6 Å². The van der Waals surface area contributed by atoms with Crippen LogP contribution in [-0.2, 0) is 65.4 Å². The van der Waals surface area contributed by atoms with E-state index in [0.29, 0.717) is 31.6 Å². The number of hydrogen-bond donors (Lipinski definition) is 3. The van der Waals surface area contributed by atoms with Crippen molar-refractivity contribution in [2.24, 2.45) is 5.92 Å². The van der Waals surface area contributed by atoms with Gasteiger partial charge in [-0.25, -0.2) is 9.13 Å². The molecule has 3 N–H and O–H groups in total. The van der Waals surface area contributed by atoms with Crippen LogP contribution < -0.4 is 0 Å². The zero-order valence-corrected chi connectivity index (χ0v) is 71.4. The highest BCUT2D eigenvalue weighted by Gasteiger charge is 2.30. The molecule has 5 atom stereocenters. The van der Waals surface area contributed by atoms with E-state index in [1.807, 2.05) is 0 Å². The summed E-state index contributed by atoms with van der Waals surface area (Å²) in [7, 11) is -9.92. The number of esters is 4. The number of carbonyl (C=O) groups is 4. The first kappa shape index (κ1) is 104. The van der Waals surface area contributed by atoms with Gasteiger partial charge in [0.25, 0.3) is 0 Å². The van der Waals surface area contributed by atoms with Crippen LogP contribution in [0, 0.1) is 5.92 Å². The number of unbranched alkanes of at least 4 members (excludes halogenated alkanes) is 59. The Hall–Kier alpha value is -1.94. The molecule has 0 heterocycles. The Labute approximate surface area is 651 Å². The van der Waals surface area contributed by atoms with Crippen molar-refractivity contribution in [3.63, 3.8) is 0 Å². The standard InChI is InChI=1S/C87H170O17P2/c1-6-9-12-15-18-21-24-27-29-31-33-35-37-39-41-43-46-48-51-54-60-65-70-84(89)97-76-82(103-86(91)73-68-63-56-53-50-47-44-42-40-38-36-34-32-30-28-25-22-19-16-13-10-7-2)78-101-105(93,94)99-74-81(88)75-100-106(95,96)102-79-83(77-98-85(90)71-66-61-58-57-59-64-69-80(4)5)104-87(92)72-67-62-55-52-49-45-26-23-20-17-14-11-8-3/h80-83,88H,6-79H2,1-5H3,(H,93,94)(H,95,96)/t81-,82-,83-/m1/s1. The zero-order valence-electron chi connectivity index (χ0n) is 69.6. The second-order valence-corrected chi connectivity index (χ2v) is 34.7. The first-order valence-electron chi connectivity index (χ1n) is 45.1. The Morgan fingerprint density at radius 3 is 0.642 bits per heavy atom. The molecule has 0 bridgehead atoms. The smallest absolute Gasteiger partial charge is 0.462 e. The van der Waals surface area contributed by atoms with E-state index >= 15 is 0 Å². The monoisotopic (exact) mass is 1550 g/mol. The van der Waals surface area contributed by atoms with Crippen LogP contribution in [0.15, 0.2) is 0 Å². The number of rotatable bonds is 87.